The first-order valence-corrected chi connectivity index (χ1v) is 7.35. The Hall–Kier alpha value is 0.484. The van der Waals surface area contributed by atoms with Gasteiger partial charge < -0.3 is 14.3 Å². The van der Waals surface area contributed by atoms with Crippen LogP contribution in [0.25, 0.3) is 0 Å². The van der Waals surface area contributed by atoms with Gasteiger partial charge in [-0.2, -0.15) is 4.31 Å². The Morgan fingerprint density at radius 2 is 1.76 bits per heavy atom. The zero-order valence-corrected chi connectivity index (χ0v) is 12.9. The molecule has 0 radical (unpaired) electrons. The molecule has 0 saturated heterocycles. The Bertz CT molecular complexity index is 337. The van der Waals surface area contributed by atoms with Gasteiger partial charge in [0.2, 0.25) is 0 Å². The summed E-state index contributed by atoms with van der Waals surface area (Å²) in [6, 6.07) is 0. The van der Waals surface area contributed by atoms with Gasteiger partial charge in [-0.3, -0.25) is 9.32 Å². The molecule has 0 aromatic rings. The number of hydrogen-bond acceptors (Lipinski definition) is 6. The van der Waals surface area contributed by atoms with Crippen molar-refractivity contribution in [3.63, 3.8) is 0 Å². The van der Waals surface area contributed by atoms with Crippen molar-refractivity contribution in [3.8, 4) is 0 Å². The standard InChI is InChI=1S/C6H14O8P2.Ti/c1-4-6(7)13-16(11,12-5(2)3)14-15(8,9)10;/h5H,4H2,1-3H3,(H2,8,9,10);. The van der Waals surface area contributed by atoms with Gasteiger partial charge in [-0.1, -0.05) is 6.92 Å². The minimum atomic E-state index is -5.08. The van der Waals surface area contributed by atoms with E-state index in [0.29, 0.717) is 0 Å². The molecule has 1 unspecified atom stereocenters. The van der Waals surface area contributed by atoms with Crippen molar-refractivity contribution in [3.05, 3.63) is 0 Å². The van der Waals surface area contributed by atoms with Crippen molar-refractivity contribution < 1.29 is 58.8 Å². The zero-order chi connectivity index (χ0) is 13.0. The van der Waals surface area contributed by atoms with E-state index in [1.807, 2.05) is 0 Å². The molecule has 0 amide bonds. The van der Waals surface area contributed by atoms with E-state index in [4.69, 9.17) is 9.79 Å². The summed E-state index contributed by atoms with van der Waals surface area (Å²) >= 11 is 0. The molecule has 0 rings (SSSR count). The molecule has 0 bridgehead atoms. The average Bonchev–Trinajstić information content (AvgIpc) is 1.97. The first kappa shape index (κ1) is 19.8. The van der Waals surface area contributed by atoms with Crippen molar-refractivity contribution in [1.29, 1.82) is 0 Å². The van der Waals surface area contributed by atoms with Gasteiger partial charge in [-0.15, -0.1) is 0 Å². The molecule has 1 atom stereocenters. The summed E-state index contributed by atoms with van der Waals surface area (Å²) in [6.45, 7) is 4.30. The number of carbonyl (C=O) groups is 1. The number of rotatable bonds is 6. The van der Waals surface area contributed by atoms with E-state index in [9.17, 15) is 13.9 Å². The fourth-order valence-electron chi connectivity index (χ4n) is 0.635. The number of hydrogen-bond donors (Lipinski definition) is 2. The van der Waals surface area contributed by atoms with Crippen LogP contribution in [0.4, 0.5) is 0 Å². The third-order valence-electron chi connectivity index (χ3n) is 1.05. The van der Waals surface area contributed by atoms with Crippen LogP contribution in [0.2, 0.25) is 0 Å². The molecular weight excluding hydrogens is 310 g/mol. The monoisotopic (exact) mass is 324 g/mol. The van der Waals surface area contributed by atoms with Gasteiger partial charge in [0.25, 0.3) is 0 Å². The summed E-state index contributed by atoms with van der Waals surface area (Å²) in [7, 11) is -9.66. The zero-order valence-electron chi connectivity index (χ0n) is 9.52. The molecule has 0 aliphatic carbocycles. The summed E-state index contributed by atoms with van der Waals surface area (Å²) in [5.74, 6) is -0.947. The van der Waals surface area contributed by atoms with E-state index >= 15 is 0 Å². The molecular formula is C6H14O8P2Ti. The molecule has 17 heavy (non-hydrogen) atoms. The van der Waals surface area contributed by atoms with Crippen LogP contribution in [0, 0.1) is 0 Å². The third kappa shape index (κ3) is 10.1. The summed E-state index contributed by atoms with van der Waals surface area (Å²) in [6.07, 6.45) is -0.822. The molecule has 8 nitrogen and oxygen atoms in total. The van der Waals surface area contributed by atoms with Crippen LogP contribution in [-0.4, -0.2) is 21.9 Å². The molecule has 0 fully saturated rings. The number of phosphoric ester groups is 1. The van der Waals surface area contributed by atoms with Crippen molar-refractivity contribution in [2.75, 3.05) is 0 Å². The van der Waals surface area contributed by atoms with E-state index < -0.39 is 27.7 Å². The van der Waals surface area contributed by atoms with Crippen molar-refractivity contribution in [1.82, 2.24) is 0 Å². The van der Waals surface area contributed by atoms with E-state index in [0.717, 1.165) is 0 Å². The molecule has 11 heteroatoms. The quantitative estimate of drug-likeness (QED) is 0.558. The average molecular weight is 324 g/mol. The fraction of sp³-hybridized carbons (Fsp3) is 0.833. The number of phosphoric acid groups is 2. The molecule has 0 aromatic carbocycles. The molecule has 0 aliphatic heterocycles. The summed E-state index contributed by atoms with van der Waals surface area (Å²) in [5, 5.41) is 0. The Morgan fingerprint density at radius 3 is 2.06 bits per heavy atom. The molecule has 0 heterocycles. The van der Waals surface area contributed by atoms with Gasteiger partial charge in [-0.25, -0.2) is 9.13 Å². The van der Waals surface area contributed by atoms with E-state index in [1.54, 1.807) is 0 Å². The molecule has 2 N–H and O–H groups in total. The van der Waals surface area contributed by atoms with Gasteiger partial charge in [0, 0.05) is 28.1 Å². The Kier molecular flexibility index (Phi) is 9.11. The topological polar surface area (TPSA) is 119 Å². The Balaban J connectivity index is 0. The Labute approximate surface area is 114 Å². The maximum Gasteiger partial charge on any atom is 0.541 e. The van der Waals surface area contributed by atoms with Crippen LogP contribution < -0.4 is 0 Å². The van der Waals surface area contributed by atoms with Gasteiger partial charge in [0.15, 0.2) is 0 Å². The van der Waals surface area contributed by atoms with Gasteiger partial charge >= 0.3 is 21.6 Å². The maximum absolute atomic E-state index is 11.6. The van der Waals surface area contributed by atoms with Crippen LogP contribution >= 0.6 is 15.6 Å². The maximum atomic E-state index is 11.6. The van der Waals surface area contributed by atoms with Crippen LogP contribution in [0.5, 0.6) is 0 Å². The van der Waals surface area contributed by atoms with Gasteiger partial charge in [0.1, 0.15) is 0 Å². The summed E-state index contributed by atoms with van der Waals surface area (Å²) in [5.41, 5.74) is 0. The van der Waals surface area contributed by atoms with Crippen molar-refractivity contribution >= 4 is 21.6 Å². The van der Waals surface area contributed by atoms with Gasteiger partial charge in [0.05, 0.1) is 6.10 Å². The smallest absolute Gasteiger partial charge is 0.370 e. The molecule has 0 spiro atoms. The van der Waals surface area contributed by atoms with E-state index in [1.165, 1.54) is 20.8 Å². The second-order valence-corrected chi connectivity index (χ2v) is 5.91. The molecule has 0 saturated carbocycles. The van der Waals surface area contributed by atoms with Gasteiger partial charge in [-0.05, 0) is 13.8 Å². The summed E-state index contributed by atoms with van der Waals surface area (Å²) in [4.78, 5) is 27.9. The molecule has 0 aliphatic rings. The fourth-order valence-corrected chi connectivity index (χ4v) is 2.90. The second-order valence-electron chi connectivity index (χ2n) is 2.99. The van der Waals surface area contributed by atoms with Crippen LogP contribution in [0.1, 0.15) is 27.2 Å². The largest absolute Gasteiger partial charge is 0.541 e. The second kappa shape index (κ2) is 7.82. The first-order valence-electron chi connectivity index (χ1n) is 4.35. The van der Waals surface area contributed by atoms with E-state index in [2.05, 4.69) is 13.4 Å². The first-order chi connectivity index (χ1) is 7.08. The SMILES string of the molecule is CCC(=O)OP(=O)(OC(C)C)OP(=O)(O)O.[Ti]. The molecule has 100 valence electrons. The van der Waals surface area contributed by atoms with Crippen molar-refractivity contribution in [2.45, 2.75) is 33.3 Å². The molecule has 0 aromatic heterocycles. The summed E-state index contributed by atoms with van der Waals surface area (Å²) < 4.78 is 34.9. The van der Waals surface area contributed by atoms with Crippen LogP contribution in [0.15, 0.2) is 0 Å². The Morgan fingerprint density at radius 1 is 1.29 bits per heavy atom. The normalized spacial score (nSPS) is 14.9. The van der Waals surface area contributed by atoms with Crippen molar-refractivity contribution in [2.24, 2.45) is 0 Å². The van der Waals surface area contributed by atoms with Crippen LogP contribution in [-0.2, 0) is 49.0 Å². The van der Waals surface area contributed by atoms with Crippen LogP contribution in [0.3, 0.4) is 0 Å². The third-order valence-corrected chi connectivity index (χ3v) is 3.81. The minimum absolute atomic E-state index is 0. The number of carbonyl (C=O) groups excluding carboxylic acids is 1. The minimum Gasteiger partial charge on any atom is -0.370 e. The predicted octanol–water partition coefficient (Wildman–Crippen LogP) is 1.58. The predicted molar refractivity (Wildman–Crippen MR) is 53.3 cm³/mol. The van der Waals surface area contributed by atoms with E-state index in [-0.39, 0.29) is 28.1 Å².